The van der Waals surface area contributed by atoms with Crippen molar-refractivity contribution >= 4 is 5.91 Å². The molecule has 2 aromatic heterocycles. The SMILES string of the molecule is Cc1cc(C)n(CCCNC(=O)c2ccc(C#N)cn2)n1. The Morgan fingerprint density at radius 3 is 2.81 bits per heavy atom. The van der Waals surface area contributed by atoms with Crippen LogP contribution in [0.15, 0.2) is 24.4 Å². The highest BCUT2D eigenvalue weighted by Crippen LogP contribution is 2.02. The van der Waals surface area contributed by atoms with E-state index in [1.54, 1.807) is 12.1 Å². The molecule has 2 rings (SSSR count). The second-order valence-electron chi connectivity index (χ2n) is 4.80. The van der Waals surface area contributed by atoms with Gasteiger partial charge in [0.2, 0.25) is 0 Å². The molecule has 6 heteroatoms. The van der Waals surface area contributed by atoms with Gasteiger partial charge in [0.15, 0.2) is 0 Å². The van der Waals surface area contributed by atoms with Gasteiger partial charge in [-0.15, -0.1) is 0 Å². The van der Waals surface area contributed by atoms with Crippen molar-refractivity contribution in [2.75, 3.05) is 6.54 Å². The van der Waals surface area contributed by atoms with E-state index < -0.39 is 0 Å². The summed E-state index contributed by atoms with van der Waals surface area (Å²) in [7, 11) is 0. The van der Waals surface area contributed by atoms with Gasteiger partial charge in [-0.3, -0.25) is 9.48 Å². The van der Waals surface area contributed by atoms with E-state index in [1.165, 1.54) is 6.20 Å². The topological polar surface area (TPSA) is 83.6 Å². The molecule has 1 N–H and O–H groups in total. The monoisotopic (exact) mass is 283 g/mol. The Hall–Kier alpha value is -2.68. The zero-order chi connectivity index (χ0) is 15.2. The van der Waals surface area contributed by atoms with Crippen molar-refractivity contribution in [1.82, 2.24) is 20.1 Å². The number of nitrogens with zero attached hydrogens (tertiary/aromatic N) is 4. The molecular formula is C15H17N5O. The lowest BCUT2D eigenvalue weighted by Gasteiger charge is -2.06. The van der Waals surface area contributed by atoms with Crippen LogP contribution in [0.2, 0.25) is 0 Å². The molecule has 0 fully saturated rings. The summed E-state index contributed by atoms with van der Waals surface area (Å²) in [6, 6.07) is 7.13. The van der Waals surface area contributed by atoms with Gasteiger partial charge < -0.3 is 5.32 Å². The van der Waals surface area contributed by atoms with Gasteiger partial charge in [-0.2, -0.15) is 10.4 Å². The molecule has 0 saturated carbocycles. The lowest BCUT2D eigenvalue weighted by atomic mass is 10.2. The van der Waals surface area contributed by atoms with E-state index in [-0.39, 0.29) is 5.91 Å². The molecule has 0 radical (unpaired) electrons. The van der Waals surface area contributed by atoms with Gasteiger partial charge in [0.1, 0.15) is 11.8 Å². The van der Waals surface area contributed by atoms with E-state index in [2.05, 4.69) is 15.4 Å². The van der Waals surface area contributed by atoms with Crippen molar-refractivity contribution < 1.29 is 4.79 Å². The molecular weight excluding hydrogens is 266 g/mol. The molecule has 0 bridgehead atoms. The van der Waals surface area contributed by atoms with Crippen molar-refractivity contribution in [1.29, 1.82) is 5.26 Å². The van der Waals surface area contributed by atoms with Gasteiger partial charge in [-0.05, 0) is 38.5 Å². The summed E-state index contributed by atoms with van der Waals surface area (Å²) in [5, 5.41) is 15.8. The fraction of sp³-hybridized carbons (Fsp3) is 0.333. The minimum absolute atomic E-state index is 0.229. The average molecular weight is 283 g/mol. The van der Waals surface area contributed by atoms with Gasteiger partial charge in [-0.25, -0.2) is 4.98 Å². The van der Waals surface area contributed by atoms with Crippen molar-refractivity contribution in [2.45, 2.75) is 26.8 Å². The van der Waals surface area contributed by atoms with E-state index in [4.69, 9.17) is 5.26 Å². The second-order valence-corrected chi connectivity index (χ2v) is 4.80. The lowest BCUT2D eigenvalue weighted by molar-refractivity contribution is 0.0947. The Balaban J connectivity index is 1.79. The molecule has 0 aliphatic rings. The number of pyridine rings is 1. The molecule has 6 nitrogen and oxygen atoms in total. The number of hydrogen-bond donors (Lipinski definition) is 1. The normalized spacial score (nSPS) is 10.1. The van der Waals surface area contributed by atoms with Crippen molar-refractivity contribution in [3.63, 3.8) is 0 Å². The number of amides is 1. The van der Waals surface area contributed by atoms with Crippen LogP contribution in [0.1, 0.15) is 33.9 Å². The van der Waals surface area contributed by atoms with Crippen LogP contribution in [0.25, 0.3) is 0 Å². The zero-order valence-corrected chi connectivity index (χ0v) is 12.1. The summed E-state index contributed by atoms with van der Waals surface area (Å²) < 4.78 is 1.93. The molecule has 0 spiro atoms. The number of rotatable bonds is 5. The molecule has 1 amide bonds. The third-order valence-electron chi connectivity index (χ3n) is 3.06. The number of nitrogens with one attached hydrogen (secondary N) is 1. The Bertz CT molecular complexity index is 666. The van der Waals surface area contributed by atoms with Gasteiger partial charge in [0.05, 0.1) is 11.3 Å². The van der Waals surface area contributed by atoms with E-state index in [1.807, 2.05) is 30.7 Å². The number of hydrogen-bond acceptors (Lipinski definition) is 4. The first-order valence-electron chi connectivity index (χ1n) is 6.75. The van der Waals surface area contributed by atoms with E-state index in [9.17, 15) is 4.79 Å². The lowest BCUT2D eigenvalue weighted by Crippen LogP contribution is -2.26. The Morgan fingerprint density at radius 2 is 2.24 bits per heavy atom. The highest BCUT2D eigenvalue weighted by molar-refractivity contribution is 5.92. The van der Waals surface area contributed by atoms with Crippen LogP contribution in [0.3, 0.4) is 0 Å². The summed E-state index contributed by atoms with van der Waals surface area (Å²) >= 11 is 0. The Morgan fingerprint density at radius 1 is 1.43 bits per heavy atom. The number of aromatic nitrogens is 3. The van der Waals surface area contributed by atoms with Crippen molar-refractivity contribution in [3.8, 4) is 6.07 Å². The largest absolute Gasteiger partial charge is 0.351 e. The number of nitriles is 1. The van der Waals surface area contributed by atoms with Crippen molar-refractivity contribution in [3.05, 3.63) is 47.0 Å². The Labute approximate surface area is 123 Å². The summed E-state index contributed by atoms with van der Waals surface area (Å²) in [5.74, 6) is -0.229. The smallest absolute Gasteiger partial charge is 0.269 e. The fourth-order valence-electron chi connectivity index (χ4n) is 2.02. The van der Waals surface area contributed by atoms with Gasteiger partial charge in [0, 0.05) is 25.0 Å². The quantitative estimate of drug-likeness (QED) is 0.844. The van der Waals surface area contributed by atoms with Crippen LogP contribution >= 0.6 is 0 Å². The maximum atomic E-state index is 11.8. The molecule has 21 heavy (non-hydrogen) atoms. The second kappa shape index (κ2) is 6.66. The van der Waals surface area contributed by atoms with E-state index >= 15 is 0 Å². The molecule has 0 saturated heterocycles. The standard InChI is InChI=1S/C15H17N5O/c1-11-8-12(2)20(19-11)7-3-6-17-15(21)14-5-4-13(9-16)10-18-14/h4-5,8,10H,3,6-7H2,1-2H3,(H,17,21). The Kier molecular flexibility index (Phi) is 4.67. The first-order chi connectivity index (χ1) is 10.1. The van der Waals surface area contributed by atoms with E-state index in [0.717, 1.165) is 24.4 Å². The maximum absolute atomic E-state index is 11.8. The van der Waals surface area contributed by atoms with Crippen LogP contribution in [0.5, 0.6) is 0 Å². The van der Waals surface area contributed by atoms with Gasteiger partial charge in [-0.1, -0.05) is 0 Å². The predicted molar refractivity (Wildman–Crippen MR) is 77.6 cm³/mol. The summed E-state index contributed by atoms with van der Waals surface area (Å²) in [4.78, 5) is 15.8. The van der Waals surface area contributed by atoms with Crippen LogP contribution in [0.4, 0.5) is 0 Å². The molecule has 0 aliphatic heterocycles. The number of carbonyl (C=O) groups is 1. The first-order valence-corrected chi connectivity index (χ1v) is 6.75. The predicted octanol–water partition coefficient (Wildman–Crippen LogP) is 1.59. The molecule has 2 heterocycles. The summed E-state index contributed by atoms with van der Waals surface area (Å²) in [6.07, 6.45) is 2.19. The highest BCUT2D eigenvalue weighted by Gasteiger charge is 2.06. The fourth-order valence-corrected chi connectivity index (χ4v) is 2.02. The van der Waals surface area contributed by atoms with Crippen LogP contribution < -0.4 is 5.32 Å². The van der Waals surface area contributed by atoms with Gasteiger partial charge >= 0.3 is 0 Å². The molecule has 0 atom stereocenters. The van der Waals surface area contributed by atoms with Gasteiger partial charge in [0.25, 0.3) is 5.91 Å². The first kappa shape index (κ1) is 14.7. The molecule has 0 aromatic carbocycles. The van der Waals surface area contributed by atoms with Crippen molar-refractivity contribution in [2.24, 2.45) is 0 Å². The van der Waals surface area contributed by atoms with Crippen LogP contribution in [-0.4, -0.2) is 27.2 Å². The average Bonchev–Trinajstić information content (AvgIpc) is 2.81. The molecule has 108 valence electrons. The number of aryl methyl sites for hydroxylation is 3. The maximum Gasteiger partial charge on any atom is 0.269 e. The zero-order valence-electron chi connectivity index (χ0n) is 12.1. The van der Waals surface area contributed by atoms with Crippen LogP contribution in [0, 0.1) is 25.2 Å². The minimum atomic E-state index is -0.229. The number of carbonyl (C=O) groups excluding carboxylic acids is 1. The summed E-state index contributed by atoms with van der Waals surface area (Å²) in [5.41, 5.74) is 2.88. The highest BCUT2D eigenvalue weighted by atomic mass is 16.1. The minimum Gasteiger partial charge on any atom is -0.351 e. The van der Waals surface area contributed by atoms with E-state index in [0.29, 0.717) is 17.8 Å². The van der Waals surface area contributed by atoms with Crippen LogP contribution in [-0.2, 0) is 6.54 Å². The molecule has 0 unspecified atom stereocenters. The molecule has 2 aromatic rings. The third-order valence-corrected chi connectivity index (χ3v) is 3.06. The summed E-state index contributed by atoms with van der Waals surface area (Å²) in [6.45, 7) is 5.29. The molecule has 0 aliphatic carbocycles. The third kappa shape index (κ3) is 3.89.